The third-order valence-electron chi connectivity index (χ3n) is 3.00. The minimum atomic E-state index is 0.0724. The molecule has 0 atom stereocenters. The first-order valence-electron chi connectivity index (χ1n) is 6.40. The fraction of sp³-hybridized carbons (Fsp3) is 0.133. The molecule has 0 fully saturated rings. The molecule has 2 heterocycles. The van der Waals surface area contributed by atoms with Gasteiger partial charge in [0.2, 0.25) is 0 Å². The van der Waals surface area contributed by atoms with Gasteiger partial charge in [-0.1, -0.05) is 42.1 Å². The van der Waals surface area contributed by atoms with E-state index in [1.54, 1.807) is 12.3 Å². The van der Waals surface area contributed by atoms with Gasteiger partial charge in [-0.15, -0.1) is 10.2 Å². The van der Waals surface area contributed by atoms with Crippen molar-refractivity contribution in [2.45, 2.75) is 5.16 Å². The Kier molecular flexibility index (Phi) is 3.87. The summed E-state index contributed by atoms with van der Waals surface area (Å²) in [6.45, 7) is 0. The number of rotatable bonds is 5. The van der Waals surface area contributed by atoms with Crippen molar-refractivity contribution in [3.63, 3.8) is 0 Å². The average Bonchev–Trinajstić information content (AvgIpc) is 3.15. The van der Waals surface area contributed by atoms with Gasteiger partial charge in [-0.25, -0.2) is 0 Å². The summed E-state index contributed by atoms with van der Waals surface area (Å²) in [5.41, 5.74) is 0.707. The van der Waals surface area contributed by atoms with Gasteiger partial charge in [0.25, 0.3) is 0 Å². The number of hydrogen-bond acceptors (Lipinski definition) is 5. The summed E-state index contributed by atoms with van der Waals surface area (Å²) in [5.74, 6) is 1.71. The molecule has 0 radical (unpaired) electrons. The Morgan fingerprint density at radius 2 is 2.00 bits per heavy atom. The third kappa shape index (κ3) is 2.90. The lowest BCUT2D eigenvalue weighted by Crippen LogP contribution is -2.03. The number of aromatic nitrogens is 3. The fourth-order valence-corrected chi connectivity index (χ4v) is 2.70. The number of nitrogens with zero attached hydrogens (tertiary/aromatic N) is 3. The maximum Gasteiger partial charge on any atom is 0.200 e. The lowest BCUT2D eigenvalue weighted by Gasteiger charge is -2.02. The first-order valence-corrected chi connectivity index (χ1v) is 7.38. The number of ketones is 1. The second kappa shape index (κ2) is 5.97. The van der Waals surface area contributed by atoms with Crippen LogP contribution in [-0.2, 0) is 7.05 Å². The van der Waals surface area contributed by atoms with Crippen LogP contribution in [0.3, 0.4) is 0 Å². The van der Waals surface area contributed by atoms with Gasteiger partial charge in [-0.2, -0.15) is 0 Å². The molecule has 0 unspecified atom stereocenters. The second-order valence-corrected chi connectivity index (χ2v) is 5.36. The summed E-state index contributed by atoms with van der Waals surface area (Å²) < 4.78 is 7.13. The summed E-state index contributed by atoms with van der Waals surface area (Å²) >= 11 is 1.37. The van der Waals surface area contributed by atoms with Crippen LogP contribution in [0.15, 0.2) is 58.3 Å². The minimum absolute atomic E-state index is 0.0724. The van der Waals surface area contributed by atoms with E-state index in [0.717, 1.165) is 0 Å². The van der Waals surface area contributed by atoms with E-state index in [-0.39, 0.29) is 5.78 Å². The van der Waals surface area contributed by atoms with Crippen LogP contribution >= 0.6 is 11.8 Å². The van der Waals surface area contributed by atoms with Gasteiger partial charge in [0.15, 0.2) is 22.5 Å². The maximum absolute atomic E-state index is 12.1. The van der Waals surface area contributed by atoms with Crippen LogP contribution in [0.1, 0.15) is 10.4 Å². The highest BCUT2D eigenvalue weighted by Crippen LogP contribution is 2.23. The Morgan fingerprint density at radius 1 is 1.19 bits per heavy atom. The lowest BCUT2D eigenvalue weighted by atomic mass is 10.2. The van der Waals surface area contributed by atoms with E-state index in [2.05, 4.69) is 10.2 Å². The molecule has 6 heteroatoms. The molecule has 0 saturated carbocycles. The molecule has 1 aromatic carbocycles. The van der Waals surface area contributed by atoms with Crippen LogP contribution < -0.4 is 0 Å². The standard InChI is InChI=1S/C15H13N3O2S/c1-18-14(13-8-5-9-20-13)16-17-15(18)21-10-12(19)11-6-3-2-4-7-11/h2-9H,10H2,1H3. The fourth-order valence-electron chi connectivity index (χ4n) is 1.90. The van der Waals surface area contributed by atoms with Gasteiger partial charge >= 0.3 is 0 Å². The first kappa shape index (κ1) is 13.6. The molecule has 0 bridgehead atoms. The van der Waals surface area contributed by atoms with Gasteiger partial charge in [0, 0.05) is 12.6 Å². The number of hydrogen-bond donors (Lipinski definition) is 0. The highest BCUT2D eigenvalue weighted by atomic mass is 32.2. The summed E-state index contributed by atoms with van der Waals surface area (Å²) in [6, 6.07) is 12.9. The third-order valence-corrected chi connectivity index (χ3v) is 4.02. The zero-order chi connectivity index (χ0) is 14.7. The van der Waals surface area contributed by atoms with Crippen molar-refractivity contribution in [1.82, 2.24) is 14.8 Å². The summed E-state index contributed by atoms with van der Waals surface area (Å²) in [4.78, 5) is 12.1. The Bertz CT molecular complexity index is 736. The van der Waals surface area contributed by atoms with Crippen LogP contribution in [0, 0.1) is 0 Å². The van der Waals surface area contributed by atoms with E-state index in [9.17, 15) is 4.79 Å². The molecular formula is C15H13N3O2S. The van der Waals surface area contributed by atoms with Crippen molar-refractivity contribution in [2.75, 3.05) is 5.75 Å². The molecule has 2 aromatic heterocycles. The average molecular weight is 299 g/mol. The van der Waals surface area contributed by atoms with E-state index in [0.29, 0.717) is 28.1 Å². The smallest absolute Gasteiger partial charge is 0.200 e. The molecule has 0 aliphatic heterocycles. The summed E-state index contributed by atoms with van der Waals surface area (Å²) in [5, 5.41) is 8.88. The Morgan fingerprint density at radius 3 is 2.71 bits per heavy atom. The maximum atomic E-state index is 12.1. The summed E-state index contributed by atoms with van der Waals surface area (Å²) in [7, 11) is 1.85. The van der Waals surface area contributed by atoms with Crippen molar-refractivity contribution in [3.8, 4) is 11.6 Å². The molecule has 21 heavy (non-hydrogen) atoms. The molecule has 0 spiro atoms. The van der Waals surface area contributed by atoms with E-state index < -0.39 is 0 Å². The second-order valence-electron chi connectivity index (χ2n) is 4.42. The van der Waals surface area contributed by atoms with Crippen molar-refractivity contribution in [1.29, 1.82) is 0 Å². The highest BCUT2D eigenvalue weighted by molar-refractivity contribution is 7.99. The van der Waals surface area contributed by atoms with Crippen molar-refractivity contribution < 1.29 is 9.21 Å². The molecule has 0 aliphatic rings. The van der Waals surface area contributed by atoms with Crippen molar-refractivity contribution in [3.05, 3.63) is 54.3 Å². The highest BCUT2D eigenvalue weighted by Gasteiger charge is 2.14. The zero-order valence-electron chi connectivity index (χ0n) is 11.4. The van der Waals surface area contributed by atoms with Gasteiger partial charge in [-0.05, 0) is 12.1 Å². The van der Waals surface area contributed by atoms with Crippen LogP contribution in [0.25, 0.3) is 11.6 Å². The van der Waals surface area contributed by atoms with Gasteiger partial charge in [0.05, 0.1) is 12.0 Å². The Labute approximate surface area is 126 Å². The monoisotopic (exact) mass is 299 g/mol. The van der Waals surface area contributed by atoms with E-state index in [1.165, 1.54) is 11.8 Å². The molecule has 0 aliphatic carbocycles. The molecule has 0 amide bonds. The molecule has 3 aromatic rings. The van der Waals surface area contributed by atoms with Crippen molar-refractivity contribution in [2.24, 2.45) is 7.05 Å². The first-order chi connectivity index (χ1) is 10.3. The van der Waals surface area contributed by atoms with Gasteiger partial charge < -0.3 is 8.98 Å². The number of Topliss-reactive ketones (excluding diaryl/α,β-unsaturated/α-hetero) is 1. The topological polar surface area (TPSA) is 60.9 Å². The van der Waals surface area contributed by atoms with E-state index >= 15 is 0 Å². The van der Waals surface area contributed by atoms with Gasteiger partial charge in [-0.3, -0.25) is 4.79 Å². The molecule has 0 N–H and O–H groups in total. The predicted molar refractivity (Wildman–Crippen MR) is 80.2 cm³/mol. The zero-order valence-corrected chi connectivity index (χ0v) is 12.2. The molecule has 3 rings (SSSR count). The number of benzene rings is 1. The predicted octanol–water partition coefficient (Wildman–Crippen LogP) is 3.05. The molecule has 5 nitrogen and oxygen atoms in total. The largest absolute Gasteiger partial charge is 0.461 e. The van der Waals surface area contributed by atoms with Crippen LogP contribution in [0.5, 0.6) is 0 Å². The Hall–Kier alpha value is -2.34. The van der Waals surface area contributed by atoms with Gasteiger partial charge in [0.1, 0.15) is 0 Å². The van der Waals surface area contributed by atoms with Crippen LogP contribution in [0.2, 0.25) is 0 Å². The Balaban J connectivity index is 1.71. The van der Waals surface area contributed by atoms with E-state index in [4.69, 9.17) is 4.42 Å². The van der Waals surface area contributed by atoms with Crippen LogP contribution in [-0.4, -0.2) is 26.3 Å². The normalized spacial score (nSPS) is 10.7. The summed E-state index contributed by atoms with van der Waals surface area (Å²) in [6.07, 6.45) is 1.59. The number of thioether (sulfide) groups is 1. The minimum Gasteiger partial charge on any atom is -0.461 e. The van der Waals surface area contributed by atoms with Crippen molar-refractivity contribution >= 4 is 17.5 Å². The number of carbonyl (C=O) groups excluding carboxylic acids is 1. The van der Waals surface area contributed by atoms with Crippen LogP contribution in [0.4, 0.5) is 0 Å². The lowest BCUT2D eigenvalue weighted by molar-refractivity contribution is 0.102. The quantitative estimate of drug-likeness (QED) is 0.535. The molecular weight excluding hydrogens is 286 g/mol. The molecule has 0 saturated heterocycles. The number of carbonyl (C=O) groups is 1. The molecule has 106 valence electrons. The number of furan rings is 1. The van der Waals surface area contributed by atoms with E-state index in [1.807, 2.05) is 48.0 Å². The SMILES string of the molecule is Cn1c(SCC(=O)c2ccccc2)nnc1-c1ccco1.